The molecule has 3 heterocycles. The number of likely N-dealkylation sites (tertiary alicyclic amines) is 1. The SMILES string of the molecule is Cn1nnc(CNC(=O)N2C[C@@H](CO)[C@H](c3ccsc3)C2)n1. The van der Waals surface area contributed by atoms with E-state index in [2.05, 4.69) is 32.2 Å². The summed E-state index contributed by atoms with van der Waals surface area (Å²) in [6, 6.07) is 1.90. The van der Waals surface area contributed by atoms with Gasteiger partial charge in [-0.05, 0) is 27.6 Å². The molecule has 9 heteroatoms. The van der Waals surface area contributed by atoms with Gasteiger partial charge >= 0.3 is 6.03 Å². The van der Waals surface area contributed by atoms with Gasteiger partial charge in [0.1, 0.15) is 0 Å². The summed E-state index contributed by atoms with van der Waals surface area (Å²) >= 11 is 1.63. The normalized spacial score (nSPS) is 21.3. The summed E-state index contributed by atoms with van der Waals surface area (Å²) < 4.78 is 0. The van der Waals surface area contributed by atoms with E-state index in [1.54, 1.807) is 23.3 Å². The lowest BCUT2D eigenvalue weighted by Crippen LogP contribution is -2.38. The van der Waals surface area contributed by atoms with Crippen molar-refractivity contribution in [2.24, 2.45) is 13.0 Å². The van der Waals surface area contributed by atoms with E-state index < -0.39 is 0 Å². The van der Waals surface area contributed by atoms with Crippen LogP contribution in [0.15, 0.2) is 16.8 Å². The maximum Gasteiger partial charge on any atom is 0.317 e. The van der Waals surface area contributed by atoms with Gasteiger partial charge in [-0.3, -0.25) is 0 Å². The van der Waals surface area contributed by atoms with Gasteiger partial charge in [0, 0.05) is 31.5 Å². The first-order valence-electron chi connectivity index (χ1n) is 7.06. The molecule has 22 heavy (non-hydrogen) atoms. The summed E-state index contributed by atoms with van der Waals surface area (Å²) in [7, 11) is 1.68. The van der Waals surface area contributed by atoms with Crippen molar-refractivity contribution in [1.82, 2.24) is 30.4 Å². The topological polar surface area (TPSA) is 96.2 Å². The highest BCUT2D eigenvalue weighted by Gasteiger charge is 2.35. The number of carbonyl (C=O) groups excluding carboxylic acids is 1. The Kier molecular flexibility index (Phi) is 4.34. The molecule has 0 saturated carbocycles. The molecule has 2 atom stereocenters. The van der Waals surface area contributed by atoms with Crippen LogP contribution in [-0.4, -0.2) is 55.9 Å². The molecular formula is C13H18N6O2S. The van der Waals surface area contributed by atoms with E-state index in [0.717, 1.165) is 0 Å². The minimum atomic E-state index is -0.163. The highest BCUT2D eigenvalue weighted by Crippen LogP contribution is 2.33. The number of rotatable bonds is 4. The molecule has 0 unspecified atom stereocenters. The summed E-state index contributed by atoms with van der Waals surface area (Å²) in [6.07, 6.45) is 0. The average Bonchev–Trinajstić information content (AvgIpc) is 3.24. The molecule has 0 aromatic carbocycles. The van der Waals surface area contributed by atoms with Crippen LogP contribution in [0.1, 0.15) is 17.3 Å². The lowest BCUT2D eigenvalue weighted by molar-refractivity contribution is 0.197. The van der Waals surface area contributed by atoms with Crippen molar-refractivity contribution in [3.63, 3.8) is 0 Å². The van der Waals surface area contributed by atoms with Crippen molar-refractivity contribution in [1.29, 1.82) is 0 Å². The van der Waals surface area contributed by atoms with E-state index in [1.807, 2.05) is 5.38 Å². The van der Waals surface area contributed by atoms with Crippen molar-refractivity contribution in [2.75, 3.05) is 19.7 Å². The minimum Gasteiger partial charge on any atom is -0.396 e. The van der Waals surface area contributed by atoms with E-state index in [4.69, 9.17) is 0 Å². The summed E-state index contributed by atoms with van der Waals surface area (Å²) in [5.41, 5.74) is 1.19. The zero-order chi connectivity index (χ0) is 15.5. The van der Waals surface area contributed by atoms with Crippen LogP contribution < -0.4 is 5.32 Å². The molecule has 1 saturated heterocycles. The predicted molar refractivity (Wildman–Crippen MR) is 80.2 cm³/mol. The van der Waals surface area contributed by atoms with Gasteiger partial charge in [0.2, 0.25) is 0 Å². The third kappa shape index (κ3) is 3.09. The molecule has 2 aromatic heterocycles. The van der Waals surface area contributed by atoms with Gasteiger partial charge in [0.15, 0.2) is 5.82 Å². The molecule has 0 aliphatic carbocycles. The number of hydrogen-bond donors (Lipinski definition) is 2. The third-order valence-corrected chi connectivity index (χ3v) is 4.58. The Morgan fingerprint density at radius 2 is 2.41 bits per heavy atom. The Balaban J connectivity index is 1.59. The van der Waals surface area contributed by atoms with Gasteiger partial charge in [0.05, 0.1) is 13.6 Å². The van der Waals surface area contributed by atoms with Gasteiger partial charge in [-0.1, -0.05) is 0 Å². The zero-order valence-electron chi connectivity index (χ0n) is 12.2. The van der Waals surface area contributed by atoms with Crippen molar-refractivity contribution in [3.8, 4) is 0 Å². The lowest BCUT2D eigenvalue weighted by Gasteiger charge is -2.16. The molecule has 0 spiro atoms. The van der Waals surface area contributed by atoms with Crippen molar-refractivity contribution < 1.29 is 9.90 Å². The fourth-order valence-electron chi connectivity index (χ4n) is 2.75. The van der Waals surface area contributed by atoms with Crippen molar-refractivity contribution in [2.45, 2.75) is 12.5 Å². The van der Waals surface area contributed by atoms with Crippen LogP contribution in [0.25, 0.3) is 0 Å². The Bertz CT molecular complexity index is 628. The van der Waals surface area contributed by atoms with Crippen LogP contribution in [0.4, 0.5) is 4.79 Å². The monoisotopic (exact) mass is 322 g/mol. The number of thiophene rings is 1. The van der Waals surface area contributed by atoms with Crippen LogP contribution in [-0.2, 0) is 13.6 Å². The number of tetrazole rings is 1. The van der Waals surface area contributed by atoms with E-state index in [9.17, 15) is 9.90 Å². The number of aryl methyl sites for hydroxylation is 1. The standard InChI is InChI=1S/C13H18N6O2S/c1-18-16-12(15-17-18)4-14-13(21)19-5-10(7-20)11(6-19)9-2-3-22-8-9/h2-3,8,10-11,20H,4-7H2,1H3,(H,14,21)/t10-,11-/m0/s1. The number of carbonyl (C=O) groups is 1. The maximum absolute atomic E-state index is 12.3. The van der Waals surface area contributed by atoms with Crippen LogP contribution in [0, 0.1) is 5.92 Å². The Labute approximate surface area is 131 Å². The summed E-state index contributed by atoms with van der Waals surface area (Å²) in [6.45, 7) is 1.49. The Morgan fingerprint density at radius 3 is 3.05 bits per heavy atom. The molecule has 2 amide bonds. The lowest BCUT2D eigenvalue weighted by atomic mass is 9.92. The highest BCUT2D eigenvalue weighted by molar-refractivity contribution is 7.08. The summed E-state index contributed by atoms with van der Waals surface area (Å²) in [5, 5.41) is 28.0. The molecule has 1 fully saturated rings. The van der Waals surface area contributed by atoms with Gasteiger partial charge in [-0.25, -0.2) is 4.79 Å². The second-order valence-electron chi connectivity index (χ2n) is 5.36. The molecule has 3 rings (SSSR count). The Morgan fingerprint density at radius 1 is 1.55 bits per heavy atom. The fourth-order valence-corrected chi connectivity index (χ4v) is 3.47. The van der Waals surface area contributed by atoms with Gasteiger partial charge < -0.3 is 15.3 Å². The number of nitrogens with zero attached hydrogens (tertiary/aromatic N) is 5. The van der Waals surface area contributed by atoms with Gasteiger partial charge in [0.25, 0.3) is 0 Å². The quantitative estimate of drug-likeness (QED) is 0.837. The van der Waals surface area contributed by atoms with Crippen molar-refractivity contribution in [3.05, 3.63) is 28.2 Å². The van der Waals surface area contributed by atoms with Crippen LogP contribution in [0.5, 0.6) is 0 Å². The van der Waals surface area contributed by atoms with Crippen molar-refractivity contribution >= 4 is 17.4 Å². The second-order valence-corrected chi connectivity index (χ2v) is 6.14. The minimum absolute atomic E-state index is 0.0787. The largest absolute Gasteiger partial charge is 0.396 e. The fraction of sp³-hybridized carbons (Fsp3) is 0.538. The molecule has 1 aliphatic rings. The van der Waals surface area contributed by atoms with E-state index in [-0.39, 0.29) is 31.0 Å². The second kappa shape index (κ2) is 6.41. The van der Waals surface area contributed by atoms with Gasteiger partial charge in [-0.2, -0.15) is 16.1 Å². The number of aromatic nitrogens is 4. The first kappa shape index (κ1) is 14.9. The first-order valence-corrected chi connectivity index (χ1v) is 8.00. The summed E-state index contributed by atoms with van der Waals surface area (Å²) in [4.78, 5) is 15.3. The smallest absolute Gasteiger partial charge is 0.317 e. The number of hydrogen-bond acceptors (Lipinski definition) is 6. The predicted octanol–water partition coefficient (Wildman–Crippen LogP) is 0.189. The molecular weight excluding hydrogens is 304 g/mol. The number of aliphatic hydroxyl groups excluding tert-OH is 1. The molecule has 2 N–H and O–H groups in total. The van der Waals surface area contributed by atoms with Crippen LogP contribution in [0.3, 0.4) is 0 Å². The number of aliphatic hydroxyl groups is 1. The van der Waals surface area contributed by atoms with Gasteiger partial charge in [-0.15, -0.1) is 10.2 Å². The molecule has 118 valence electrons. The van der Waals surface area contributed by atoms with Crippen LogP contribution in [0.2, 0.25) is 0 Å². The highest BCUT2D eigenvalue weighted by atomic mass is 32.1. The summed E-state index contributed by atoms with van der Waals surface area (Å²) in [5.74, 6) is 0.745. The third-order valence-electron chi connectivity index (χ3n) is 3.88. The van der Waals surface area contributed by atoms with Crippen LogP contribution >= 0.6 is 11.3 Å². The Hall–Kier alpha value is -2.00. The first-order chi connectivity index (χ1) is 10.7. The molecule has 1 aliphatic heterocycles. The number of nitrogens with one attached hydrogen (secondary N) is 1. The molecule has 0 radical (unpaired) electrons. The maximum atomic E-state index is 12.3. The zero-order valence-corrected chi connectivity index (χ0v) is 13.0. The number of amides is 2. The molecule has 0 bridgehead atoms. The average molecular weight is 322 g/mol. The van der Waals surface area contributed by atoms with E-state index in [0.29, 0.717) is 18.9 Å². The molecule has 2 aromatic rings. The number of urea groups is 1. The molecule has 8 nitrogen and oxygen atoms in total. The van der Waals surface area contributed by atoms with E-state index in [1.165, 1.54) is 10.4 Å². The van der Waals surface area contributed by atoms with E-state index >= 15 is 0 Å².